The van der Waals surface area contributed by atoms with Crippen LogP contribution in [-0.2, 0) is 9.59 Å². The second-order valence-electron chi connectivity index (χ2n) is 4.55. The molecule has 5 heteroatoms. The first-order valence-electron chi connectivity index (χ1n) is 6.55. The van der Waals surface area contributed by atoms with Crippen molar-refractivity contribution in [1.82, 2.24) is 0 Å². The van der Waals surface area contributed by atoms with Crippen LogP contribution in [-0.4, -0.2) is 18.4 Å². The summed E-state index contributed by atoms with van der Waals surface area (Å²) in [7, 11) is 0. The van der Waals surface area contributed by atoms with E-state index in [0.717, 1.165) is 19.3 Å². The Morgan fingerprint density at radius 2 is 2.26 bits per heavy atom. The van der Waals surface area contributed by atoms with E-state index in [9.17, 15) is 9.59 Å². The average Bonchev–Trinajstić information content (AvgIpc) is 2.38. The maximum Gasteiger partial charge on any atom is 0.262 e. The Bertz CT molecular complexity index is 486. The lowest BCUT2D eigenvalue weighted by Gasteiger charge is -2.18. The quantitative estimate of drug-likeness (QED) is 0.801. The number of carbonyl (C=O) groups is 2. The van der Waals surface area contributed by atoms with Gasteiger partial charge in [0.1, 0.15) is 5.75 Å². The molecule has 1 aliphatic rings. The van der Waals surface area contributed by atoms with Gasteiger partial charge in [0.2, 0.25) is 5.91 Å². The summed E-state index contributed by atoms with van der Waals surface area (Å²) in [5.74, 6) is 0.443. The molecular formula is C14H18N2O3. The predicted octanol–water partition coefficient (Wildman–Crippen LogP) is 2.54. The second-order valence-corrected chi connectivity index (χ2v) is 4.55. The van der Waals surface area contributed by atoms with Gasteiger partial charge in [-0.1, -0.05) is 19.8 Å². The molecule has 0 spiro atoms. The van der Waals surface area contributed by atoms with Gasteiger partial charge in [0, 0.05) is 12.1 Å². The third-order valence-corrected chi connectivity index (χ3v) is 2.90. The van der Waals surface area contributed by atoms with E-state index in [1.807, 2.05) is 0 Å². The van der Waals surface area contributed by atoms with Gasteiger partial charge in [-0.25, -0.2) is 0 Å². The molecule has 5 nitrogen and oxygen atoms in total. The first-order chi connectivity index (χ1) is 9.19. The number of anilines is 2. The molecule has 0 aromatic heterocycles. The molecule has 0 unspecified atom stereocenters. The van der Waals surface area contributed by atoms with Crippen LogP contribution in [0.15, 0.2) is 18.2 Å². The number of amides is 2. The molecule has 1 aromatic rings. The molecular weight excluding hydrogens is 244 g/mol. The predicted molar refractivity (Wildman–Crippen MR) is 73.3 cm³/mol. The van der Waals surface area contributed by atoms with E-state index in [2.05, 4.69) is 17.6 Å². The zero-order chi connectivity index (χ0) is 13.7. The Kier molecular flexibility index (Phi) is 4.39. The van der Waals surface area contributed by atoms with Crippen molar-refractivity contribution >= 4 is 23.2 Å². The maximum atomic E-state index is 11.7. The fourth-order valence-electron chi connectivity index (χ4n) is 1.92. The molecule has 0 fully saturated rings. The molecule has 1 aliphatic heterocycles. The van der Waals surface area contributed by atoms with Crippen molar-refractivity contribution in [3.05, 3.63) is 18.2 Å². The lowest BCUT2D eigenvalue weighted by Crippen LogP contribution is -2.25. The lowest BCUT2D eigenvalue weighted by molar-refractivity contribution is -0.118. The van der Waals surface area contributed by atoms with Gasteiger partial charge in [0.05, 0.1) is 5.69 Å². The molecule has 102 valence electrons. The highest BCUT2D eigenvalue weighted by atomic mass is 16.5. The molecule has 2 rings (SSSR count). The van der Waals surface area contributed by atoms with Crippen molar-refractivity contribution in [2.75, 3.05) is 17.2 Å². The van der Waals surface area contributed by atoms with Crippen LogP contribution in [0.4, 0.5) is 11.4 Å². The zero-order valence-corrected chi connectivity index (χ0v) is 11.0. The number of unbranched alkanes of at least 4 members (excludes halogenated alkanes) is 2. The van der Waals surface area contributed by atoms with Gasteiger partial charge in [-0.15, -0.1) is 0 Å². The number of carbonyl (C=O) groups excluding carboxylic acids is 2. The monoisotopic (exact) mass is 262 g/mol. The zero-order valence-electron chi connectivity index (χ0n) is 11.0. The standard InChI is InChI=1S/C14H18N2O3/c1-2-3-4-5-13(17)15-10-6-7-12-11(8-10)16-14(18)9-19-12/h6-8H,2-5,9H2,1H3,(H,15,17)(H,16,18). The van der Waals surface area contributed by atoms with Crippen LogP contribution in [0.2, 0.25) is 0 Å². The summed E-state index contributed by atoms with van der Waals surface area (Å²) in [5.41, 5.74) is 1.27. The summed E-state index contributed by atoms with van der Waals surface area (Å²) in [6.07, 6.45) is 3.57. The number of nitrogens with one attached hydrogen (secondary N) is 2. The van der Waals surface area contributed by atoms with Gasteiger partial charge < -0.3 is 15.4 Å². The second kappa shape index (κ2) is 6.22. The molecule has 0 atom stereocenters. The van der Waals surface area contributed by atoms with Crippen molar-refractivity contribution in [1.29, 1.82) is 0 Å². The molecule has 2 amide bonds. The molecule has 0 radical (unpaired) electrons. The normalized spacial score (nSPS) is 13.2. The Morgan fingerprint density at radius 3 is 3.05 bits per heavy atom. The van der Waals surface area contributed by atoms with Crippen LogP contribution in [0.25, 0.3) is 0 Å². The highest BCUT2D eigenvalue weighted by molar-refractivity contribution is 5.97. The van der Waals surface area contributed by atoms with Crippen molar-refractivity contribution in [3.8, 4) is 5.75 Å². The van der Waals surface area contributed by atoms with E-state index in [-0.39, 0.29) is 18.4 Å². The number of fused-ring (bicyclic) bond motifs is 1. The smallest absolute Gasteiger partial charge is 0.262 e. The van der Waals surface area contributed by atoms with Crippen LogP contribution in [0.1, 0.15) is 32.6 Å². The van der Waals surface area contributed by atoms with E-state index in [1.165, 1.54) is 0 Å². The van der Waals surface area contributed by atoms with Crippen LogP contribution in [0, 0.1) is 0 Å². The third-order valence-electron chi connectivity index (χ3n) is 2.90. The van der Waals surface area contributed by atoms with Gasteiger partial charge in [0.15, 0.2) is 6.61 Å². The highest BCUT2D eigenvalue weighted by Gasteiger charge is 2.16. The van der Waals surface area contributed by atoms with Crippen LogP contribution in [0.5, 0.6) is 5.75 Å². The Balaban J connectivity index is 1.96. The number of rotatable bonds is 5. The maximum absolute atomic E-state index is 11.7. The lowest BCUT2D eigenvalue weighted by atomic mass is 10.2. The molecule has 0 saturated carbocycles. The largest absolute Gasteiger partial charge is 0.482 e. The van der Waals surface area contributed by atoms with Crippen molar-refractivity contribution in [2.24, 2.45) is 0 Å². The van der Waals surface area contributed by atoms with Crippen LogP contribution < -0.4 is 15.4 Å². The number of hydrogen-bond acceptors (Lipinski definition) is 3. The van der Waals surface area contributed by atoms with Crippen molar-refractivity contribution < 1.29 is 14.3 Å². The Hall–Kier alpha value is -2.04. The van der Waals surface area contributed by atoms with E-state index in [1.54, 1.807) is 18.2 Å². The van der Waals surface area contributed by atoms with Gasteiger partial charge in [-0.3, -0.25) is 9.59 Å². The fourth-order valence-corrected chi connectivity index (χ4v) is 1.92. The minimum atomic E-state index is -0.182. The van der Waals surface area contributed by atoms with E-state index in [4.69, 9.17) is 4.74 Å². The molecule has 1 heterocycles. The molecule has 0 aliphatic carbocycles. The first-order valence-corrected chi connectivity index (χ1v) is 6.55. The number of hydrogen-bond donors (Lipinski definition) is 2. The molecule has 0 bridgehead atoms. The van der Waals surface area contributed by atoms with Crippen molar-refractivity contribution in [2.45, 2.75) is 32.6 Å². The van der Waals surface area contributed by atoms with E-state index < -0.39 is 0 Å². The van der Waals surface area contributed by atoms with Gasteiger partial charge >= 0.3 is 0 Å². The van der Waals surface area contributed by atoms with Crippen LogP contribution >= 0.6 is 0 Å². The van der Waals surface area contributed by atoms with E-state index >= 15 is 0 Å². The summed E-state index contributed by atoms with van der Waals surface area (Å²) < 4.78 is 5.25. The van der Waals surface area contributed by atoms with Gasteiger partial charge in [-0.2, -0.15) is 0 Å². The SMILES string of the molecule is CCCCCC(=O)Nc1ccc2c(c1)NC(=O)CO2. The fraction of sp³-hybridized carbons (Fsp3) is 0.429. The Morgan fingerprint density at radius 1 is 1.42 bits per heavy atom. The summed E-state index contributed by atoms with van der Waals surface area (Å²) in [5, 5.41) is 5.53. The van der Waals surface area contributed by atoms with Crippen LogP contribution in [0.3, 0.4) is 0 Å². The van der Waals surface area contributed by atoms with E-state index in [0.29, 0.717) is 23.5 Å². The summed E-state index contributed by atoms with van der Waals surface area (Å²) >= 11 is 0. The third kappa shape index (κ3) is 3.71. The summed E-state index contributed by atoms with van der Waals surface area (Å²) in [4.78, 5) is 22.9. The minimum absolute atomic E-state index is 0.00328. The van der Waals surface area contributed by atoms with Gasteiger partial charge in [0.25, 0.3) is 5.91 Å². The first kappa shape index (κ1) is 13.4. The summed E-state index contributed by atoms with van der Waals surface area (Å²) in [6.45, 7) is 2.14. The average molecular weight is 262 g/mol. The molecule has 0 saturated heterocycles. The number of benzene rings is 1. The minimum Gasteiger partial charge on any atom is -0.482 e. The number of ether oxygens (including phenoxy) is 1. The topological polar surface area (TPSA) is 67.4 Å². The molecule has 1 aromatic carbocycles. The molecule has 2 N–H and O–H groups in total. The highest BCUT2D eigenvalue weighted by Crippen LogP contribution is 2.30. The Labute approximate surface area is 112 Å². The summed E-state index contributed by atoms with van der Waals surface area (Å²) in [6, 6.07) is 5.23. The molecule has 19 heavy (non-hydrogen) atoms. The van der Waals surface area contributed by atoms with Crippen molar-refractivity contribution in [3.63, 3.8) is 0 Å². The van der Waals surface area contributed by atoms with Gasteiger partial charge in [-0.05, 0) is 24.6 Å².